The van der Waals surface area contributed by atoms with Gasteiger partial charge in [0.25, 0.3) is 0 Å². The first-order valence-electron chi connectivity index (χ1n) is 3.74. The van der Waals surface area contributed by atoms with Crippen molar-refractivity contribution in [3.05, 3.63) is 16.8 Å². The van der Waals surface area contributed by atoms with Gasteiger partial charge >= 0.3 is 0 Å². The molecule has 0 aliphatic rings. The third-order valence-electron chi connectivity index (χ3n) is 1.38. The lowest BCUT2D eigenvalue weighted by molar-refractivity contribution is -0.119. The first-order valence-corrected chi connectivity index (χ1v) is 3.74. The molecule has 1 aromatic heterocycles. The van der Waals surface area contributed by atoms with Crippen LogP contribution in [-0.4, -0.2) is 34.4 Å². The quantitative estimate of drug-likeness (QED) is 0.585. The largest absolute Gasteiger partial charge is 0.354 e. The highest BCUT2D eigenvalue weighted by Crippen LogP contribution is 1.87. The molecule has 1 heterocycles. The molecule has 0 aromatic carbocycles. The van der Waals surface area contributed by atoms with Gasteiger partial charge in [0, 0.05) is 19.2 Å². The van der Waals surface area contributed by atoms with Crippen LogP contribution in [0.1, 0.15) is 5.69 Å². The molecule has 1 rings (SSSR count). The van der Waals surface area contributed by atoms with Crippen molar-refractivity contribution in [1.29, 1.82) is 0 Å². The van der Waals surface area contributed by atoms with Gasteiger partial charge in [0.15, 0.2) is 6.54 Å². The standard InChI is InChI=1S/C6H9N5O2/c12-6(4-9-13)7-2-1-5-3-8-11-10-5/h3H,1-2,4H2,(H,7,12)(H,8,10,11). The summed E-state index contributed by atoms with van der Waals surface area (Å²) in [7, 11) is 0. The maximum atomic E-state index is 10.7. The second-order valence-electron chi connectivity index (χ2n) is 2.35. The predicted octanol–water partition coefficient (Wildman–Crippen LogP) is -0.770. The fourth-order valence-electron chi connectivity index (χ4n) is 0.792. The summed E-state index contributed by atoms with van der Waals surface area (Å²) in [5.41, 5.74) is 0.763. The Morgan fingerprint density at radius 1 is 1.69 bits per heavy atom. The van der Waals surface area contributed by atoms with Crippen LogP contribution in [0.3, 0.4) is 0 Å². The lowest BCUT2D eigenvalue weighted by atomic mass is 10.3. The van der Waals surface area contributed by atoms with Crippen LogP contribution < -0.4 is 5.32 Å². The number of aromatic amines is 1. The minimum absolute atomic E-state index is 0.335. The molecule has 70 valence electrons. The van der Waals surface area contributed by atoms with E-state index in [9.17, 15) is 9.70 Å². The van der Waals surface area contributed by atoms with E-state index < -0.39 is 0 Å². The topological polar surface area (TPSA) is 100 Å². The molecular weight excluding hydrogens is 174 g/mol. The summed E-state index contributed by atoms with van der Waals surface area (Å²) in [5.74, 6) is -0.376. The Morgan fingerprint density at radius 3 is 3.15 bits per heavy atom. The molecule has 0 bridgehead atoms. The van der Waals surface area contributed by atoms with Gasteiger partial charge in [-0.15, -0.1) is 5.10 Å². The summed E-state index contributed by atoms with van der Waals surface area (Å²) >= 11 is 0. The summed E-state index contributed by atoms with van der Waals surface area (Å²) in [6.07, 6.45) is 2.23. The Hall–Kier alpha value is -1.79. The molecule has 0 aliphatic carbocycles. The smallest absolute Gasteiger partial charge is 0.245 e. The highest BCUT2D eigenvalue weighted by molar-refractivity contribution is 5.78. The van der Waals surface area contributed by atoms with Crippen molar-refractivity contribution in [2.45, 2.75) is 6.42 Å². The molecule has 0 atom stereocenters. The molecule has 0 saturated carbocycles. The molecule has 2 N–H and O–H groups in total. The van der Waals surface area contributed by atoms with E-state index in [0.29, 0.717) is 13.0 Å². The highest BCUT2D eigenvalue weighted by Gasteiger charge is 2.00. The van der Waals surface area contributed by atoms with E-state index in [-0.39, 0.29) is 12.5 Å². The molecule has 0 saturated heterocycles. The van der Waals surface area contributed by atoms with Crippen LogP contribution in [0.5, 0.6) is 0 Å². The van der Waals surface area contributed by atoms with Gasteiger partial charge in [0.1, 0.15) is 0 Å². The van der Waals surface area contributed by atoms with Crippen molar-refractivity contribution in [1.82, 2.24) is 20.7 Å². The number of hydrogen-bond acceptors (Lipinski definition) is 5. The highest BCUT2D eigenvalue weighted by atomic mass is 16.3. The molecule has 7 heteroatoms. The van der Waals surface area contributed by atoms with Gasteiger partial charge in [-0.2, -0.15) is 4.91 Å². The molecular formula is C6H9N5O2. The first kappa shape index (κ1) is 9.30. The monoisotopic (exact) mass is 183 g/mol. The summed E-state index contributed by atoms with van der Waals surface area (Å²) in [6.45, 7) is 0.0969. The Morgan fingerprint density at radius 2 is 2.54 bits per heavy atom. The zero-order chi connectivity index (χ0) is 9.52. The van der Waals surface area contributed by atoms with Crippen LogP contribution in [0.25, 0.3) is 0 Å². The second kappa shape index (κ2) is 4.96. The van der Waals surface area contributed by atoms with Gasteiger partial charge in [-0.05, 0) is 0 Å². The number of nitrogens with one attached hydrogen (secondary N) is 2. The molecule has 0 radical (unpaired) electrons. The normalized spacial score (nSPS) is 9.54. The molecule has 0 aliphatic heterocycles. The number of amides is 1. The van der Waals surface area contributed by atoms with E-state index in [1.165, 1.54) is 0 Å². The number of carbonyl (C=O) groups excluding carboxylic acids is 1. The zero-order valence-corrected chi connectivity index (χ0v) is 6.86. The van der Waals surface area contributed by atoms with Crippen LogP contribution in [0.2, 0.25) is 0 Å². The van der Waals surface area contributed by atoms with Gasteiger partial charge in [0.2, 0.25) is 5.91 Å². The van der Waals surface area contributed by atoms with E-state index >= 15 is 0 Å². The predicted molar refractivity (Wildman–Crippen MR) is 43.8 cm³/mol. The third-order valence-corrected chi connectivity index (χ3v) is 1.38. The van der Waals surface area contributed by atoms with Crippen LogP contribution in [0.15, 0.2) is 11.4 Å². The Bertz CT molecular complexity index is 271. The summed E-state index contributed by atoms with van der Waals surface area (Å²) in [4.78, 5) is 20.4. The molecule has 1 aromatic rings. The molecule has 13 heavy (non-hydrogen) atoms. The van der Waals surface area contributed by atoms with Crippen LogP contribution in [0, 0.1) is 4.91 Å². The van der Waals surface area contributed by atoms with Gasteiger partial charge in [-0.3, -0.25) is 9.89 Å². The Kier molecular flexibility index (Phi) is 3.55. The second-order valence-corrected chi connectivity index (χ2v) is 2.35. The van der Waals surface area contributed by atoms with Crippen molar-refractivity contribution in [3.8, 4) is 0 Å². The van der Waals surface area contributed by atoms with E-state index in [4.69, 9.17) is 0 Å². The summed E-state index contributed by atoms with van der Waals surface area (Å²) in [6, 6.07) is 0. The van der Waals surface area contributed by atoms with Crippen molar-refractivity contribution in [3.63, 3.8) is 0 Å². The number of H-pyrrole nitrogens is 1. The van der Waals surface area contributed by atoms with Gasteiger partial charge < -0.3 is 5.32 Å². The fraction of sp³-hybridized carbons (Fsp3) is 0.500. The maximum Gasteiger partial charge on any atom is 0.245 e. The van der Waals surface area contributed by atoms with E-state index in [1.54, 1.807) is 6.20 Å². The number of nitrogens with zero attached hydrogens (tertiary/aromatic N) is 3. The maximum absolute atomic E-state index is 10.7. The molecule has 0 fully saturated rings. The number of carbonyl (C=O) groups is 1. The lowest BCUT2D eigenvalue weighted by Gasteiger charge is -1.98. The van der Waals surface area contributed by atoms with Gasteiger partial charge in [0.05, 0.1) is 5.69 Å². The molecule has 0 unspecified atom stereocenters. The van der Waals surface area contributed by atoms with Crippen molar-refractivity contribution in [2.24, 2.45) is 5.18 Å². The molecule has 7 nitrogen and oxygen atoms in total. The molecule has 0 spiro atoms. The Labute approximate surface area is 73.9 Å². The summed E-state index contributed by atoms with van der Waals surface area (Å²) < 4.78 is 0. The number of nitroso groups, excluding NO2 is 1. The Balaban J connectivity index is 2.14. The minimum Gasteiger partial charge on any atom is -0.354 e. The number of aromatic nitrogens is 3. The van der Waals surface area contributed by atoms with E-state index in [2.05, 4.69) is 25.9 Å². The SMILES string of the molecule is O=NCC(=O)NCCc1c[nH]nn1. The van der Waals surface area contributed by atoms with Crippen LogP contribution >= 0.6 is 0 Å². The average Bonchev–Trinajstić information content (AvgIpc) is 2.57. The van der Waals surface area contributed by atoms with E-state index in [1.807, 2.05) is 0 Å². The number of hydrogen-bond donors (Lipinski definition) is 2. The van der Waals surface area contributed by atoms with Crippen molar-refractivity contribution < 1.29 is 4.79 Å². The number of rotatable bonds is 5. The van der Waals surface area contributed by atoms with Crippen LogP contribution in [-0.2, 0) is 11.2 Å². The zero-order valence-electron chi connectivity index (χ0n) is 6.86. The van der Waals surface area contributed by atoms with Gasteiger partial charge in [-0.25, -0.2) is 0 Å². The van der Waals surface area contributed by atoms with E-state index in [0.717, 1.165) is 5.69 Å². The average molecular weight is 183 g/mol. The lowest BCUT2D eigenvalue weighted by Crippen LogP contribution is -2.27. The minimum atomic E-state index is -0.376. The fourth-order valence-corrected chi connectivity index (χ4v) is 0.792. The molecule has 1 amide bonds. The van der Waals surface area contributed by atoms with Crippen LogP contribution in [0.4, 0.5) is 0 Å². The summed E-state index contributed by atoms with van der Waals surface area (Å²) in [5, 5.41) is 14.7. The first-order chi connectivity index (χ1) is 6.33. The van der Waals surface area contributed by atoms with Crippen molar-refractivity contribution in [2.75, 3.05) is 13.1 Å². The third kappa shape index (κ3) is 3.41. The van der Waals surface area contributed by atoms with Gasteiger partial charge in [-0.1, -0.05) is 10.4 Å². The van der Waals surface area contributed by atoms with Crippen molar-refractivity contribution >= 4 is 5.91 Å².